The van der Waals surface area contributed by atoms with E-state index in [4.69, 9.17) is 0 Å². The summed E-state index contributed by atoms with van der Waals surface area (Å²) in [4.78, 5) is 31.8. The zero-order valence-electron chi connectivity index (χ0n) is 18.0. The Morgan fingerprint density at radius 2 is 1.10 bits per heavy atom. The molecular weight excluding hydrogens is 384 g/mol. The molecule has 2 aromatic rings. The smallest absolute Gasteiger partial charge is 0.314 e. The van der Waals surface area contributed by atoms with Crippen molar-refractivity contribution in [3.63, 3.8) is 0 Å². The van der Waals surface area contributed by atoms with E-state index in [2.05, 4.69) is 31.2 Å². The molecule has 0 aliphatic carbocycles. The van der Waals surface area contributed by atoms with Crippen LogP contribution in [0.2, 0.25) is 0 Å². The summed E-state index contributed by atoms with van der Waals surface area (Å²) in [7, 11) is 0. The standard InChI is InChI=1S/C20H34N8O2/c1-17-21-9-13-27(17)15-11-25-19(29)23-7-5-3-4-6-8-24-20(30)26-12-16-28-14-10-22-18(28)2/h9-10,13-14H,3-8,11-12,15-16H2,1-2H3,(H2,23,25,29)(H2,24,26,30). The van der Waals surface area contributed by atoms with Crippen LogP contribution in [0.25, 0.3) is 0 Å². The van der Waals surface area contributed by atoms with E-state index in [0.29, 0.717) is 39.3 Å². The van der Waals surface area contributed by atoms with Gasteiger partial charge in [0.05, 0.1) is 0 Å². The van der Waals surface area contributed by atoms with Crippen molar-refractivity contribution >= 4 is 12.1 Å². The van der Waals surface area contributed by atoms with Gasteiger partial charge in [0.15, 0.2) is 0 Å². The zero-order chi connectivity index (χ0) is 21.6. The Hall–Kier alpha value is -3.04. The van der Waals surface area contributed by atoms with Crippen LogP contribution in [0.1, 0.15) is 37.3 Å². The van der Waals surface area contributed by atoms with Gasteiger partial charge in [0, 0.05) is 64.1 Å². The maximum Gasteiger partial charge on any atom is 0.314 e. The molecule has 0 aliphatic rings. The molecule has 0 unspecified atom stereocenters. The van der Waals surface area contributed by atoms with E-state index in [-0.39, 0.29) is 12.1 Å². The minimum Gasteiger partial charge on any atom is -0.338 e. The largest absolute Gasteiger partial charge is 0.338 e. The average Bonchev–Trinajstić information content (AvgIpc) is 3.32. The summed E-state index contributed by atoms with van der Waals surface area (Å²) in [5, 5.41) is 11.4. The van der Waals surface area contributed by atoms with Gasteiger partial charge in [-0.15, -0.1) is 0 Å². The normalized spacial score (nSPS) is 10.6. The van der Waals surface area contributed by atoms with Gasteiger partial charge in [0.1, 0.15) is 11.6 Å². The molecular formula is C20H34N8O2. The van der Waals surface area contributed by atoms with Crippen LogP contribution < -0.4 is 21.3 Å². The average molecular weight is 419 g/mol. The van der Waals surface area contributed by atoms with E-state index >= 15 is 0 Å². The number of hydrogen-bond acceptors (Lipinski definition) is 4. The summed E-state index contributed by atoms with van der Waals surface area (Å²) in [5.41, 5.74) is 0. The summed E-state index contributed by atoms with van der Waals surface area (Å²) in [6.45, 7) is 7.73. The SMILES string of the molecule is Cc1nccn1CCNC(=O)NCCCCCCNC(=O)NCCn1ccnc1C. The second-order valence-corrected chi connectivity index (χ2v) is 7.12. The van der Waals surface area contributed by atoms with Crippen LogP contribution in [0.5, 0.6) is 0 Å². The van der Waals surface area contributed by atoms with Crippen molar-refractivity contribution in [2.24, 2.45) is 0 Å². The highest BCUT2D eigenvalue weighted by molar-refractivity contribution is 5.74. The van der Waals surface area contributed by atoms with Gasteiger partial charge in [-0.1, -0.05) is 12.8 Å². The number of aryl methyl sites for hydroxylation is 2. The molecule has 166 valence electrons. The predicted octanol–water partition coefficient (Wildman–Crippen LogP) is 1.56. The lowest BCUT2D eigenvalue weighted by atomic mass is 10.2. The molecule has 0 fully saturated rings. The number of carbonyl (C=O) groups excluding carboxylic acids is 2. The number of nitrogens with one attached hydrogen (secondary N) is 4. The first-order chi connectivity index (χ1) is 14.6. The molecule has 0 saturated heterocycles. The third-order valence-electron chi connectivity index (χ3n) is 4.80. The van der Waals surface area contributed by atoms with E-state index in [9.17, 15) is 9.59 Å². The number of amides is 4. The Balaban J connectivity index is 1.36. The lowest BCUT2D eigenvalue weighted by Crippen LogP contribution is -2.38. The minimum absolute atomic E-state index is 0.142. The topological polar surface area (TPSA) is 118 Å². The lowest BCUT2D eigenvalue weighted by Gasteiger charge is -2.10. The fourth-order valence-electron chi connectivity index (χ4n) is 2.99. The second-order valence-electron chi connectivity index (χ2n) is 7.12. The van der Waals surface area contributed by atoms with Gasteiger partial charge in [0.2, 0.25) is 0 Å². The first kappa shape index (κ1) is 23.2. The Morgan fingerprint density at radius 3 is 1.47 bits per heavy atom. The Labute approximate surface area is 177 Å². The highest BCUT2D eigenvalue weighted by Crippen LogP contribution is 1.98. The highest BCUT2D eigenvalue weighted by Gasteiger charge is 2.02. The molecule has 2 aromatic heterocycles. The molecule has 10 nitrogen and oxygen atoms in total. The summed E-state index contributed by atoms with van der Waals surface area (Å²) in [6.07, 6.45) is 11.2. The fourth-order valence-corrected chi connectivity index (χ4v) is 2.99. The number of urea groups is 2. The van der Waals surface area contributed by atoms with E-state index in [1.165, 1.54) is 0 Å². The molecule has 2 rings (SSSR count). The van der Waals surface area contributed by atoms with Gasteiger partial charge in [-0.05, 0) is 26.7 Å². The van der Waals surface area contributed by atoms with Crippen LogP contribution in [-0.4, -0.2) is 57.3 Å². The summed E-state index contributed by atoms with van der Waals surface area (Å²) >= 11 is 0. The molecule has 4 N–H and O–H groups in total. The molecule has 0 spiro atoms. The molecule has 0 bridgehead atoms. The quantitative estimate of drug-likeness (QED) is 0.369. The number of imidazole rings is 2. The van der Waals surface area contributed by atoms with Gasteiger partial charge < -0.3 is 30.4 Å². The van der Waals surface area contributed by atoms with Crippen LogP contribution in [0.3, 0.4) is 0 Å². The Kier molecular flexibility index (Phi) is 10.3. The van der Waals surface area contributed by atoms with Crippen LogP contribution >= 0.6 is 0 Å². The molecule has 4 amide bonds. The molecule has 30 heavy (non-hydrogen) atoms. The fraction of sp³-hybridized carbons (Fsp3) is 0.600. The van der Waals surface area contributed by atoms with Crippen LogP contribution in [-0.2, 0) is 13.1 Å². The van der Waals surface area contributed by atoms with Crippen molar-refractivity contribution in [3.8, 4) is 0 Å². The first-order valence-electron chi connectivity index (χ1n) is 10.5. The van der Waals surface area contributed by atoms with Crippen LogP contribution in [0, 0.1) is 13.8 Å². The number of nitrogens with zero attached hydrogens (tertiary/aromatic N) is 4. The first-order valence-corrected chi connectivity index (χ1v) is 10.5. The van der Waals surface area contributed by atoms with E-state index in [1.54, 1.807) is 12.4 Å². The molecule has 0 saturated carbocycles. The Bertz CT molecular complexity index is 706. The highest BCUT2D eigenvalue weighted by atomic mass is 16.2. The monoisotopic (exact) mass is 418 g/mol. The molecule has 0 aliphatic heterocycles. The number of aromatic nitrogens is 4. The van der Waals surface area contributed by atoms with Gasteiger partial charge in [0.25, 0.3) is 0 Å². The molecule has 2 heterocycles. The van der Waals surface area contributed by atoms with E-state index in [1.807, 2.05) is 35.4 Å². The van der Waals surface area contributed by atoms with E-state index < -0.39 is 0 Å². The van der Waals surface area contributed by atoms with Crippen LogP contribution in [0.15, 0.2) is 24.8 Å². The Morgan fingerprint density at radius 1 is 0.700 bits per heavy atom. The third kappa shape index (κ3) is 8.97. The molecule has 0 atom stereocenters. The second kappa shape index (κ2) is 13.2. The van der Waals surface area contributed by atoms with Crippen molar-refractivity contribution < 1.29 is 9.59 Å². The molecule has 10 heteroatoms. The predicted molar refractivity (Wildman–Crippen MR) is 115 cm³/mol. The zero-order valence-corrected chi connectivity index (χ0v) is 18.0. The summed E-state index contributed by atoms with van der Waals surface area (Å²) in [5.74, 6) is 1.88. The number of rotatable bonds is 13. The lowest BCUT2D eigenvalue weighted by molar-refractivity contribution is 0.239. The number of carbonyl (C=O) groups is 2. The third-order valence-corrected chi connectivity index (χ3v) is 4.80. The van der Waals surface area contributed by atoms with Gasteiger partial charge in [-0.3, -0.25) is 0 Å². The van der Waals surface area contributed by atoms with Gasteiger partial charge in [-0.25, -0.2) is 19.6 Å². The summed E-state index contributed by atoms with van der Waals surface area (Å²) in [6, 6.07) is -0.283. The van der Waals surface area contributed by atoms with E-state index in [0.717, 1.165) is 37.3 Å². The van der Waals surface area contributed by atoms with Crippen molar-refractivity contribution in [1.82, 2.24) is 40.4 Å². The number of unbranched alkanes of at least 4 members (excludes halogenated alkanes) is 3. The maximum atomic E-state index is 11.7. The van der Waals surface area contributed by atoms with Gasteiger partial charge in [-0.2, -0.15) is 0 Å². The van der Waals surface area contributed by atoms with Crippen molar-refractivity contribution in [1.29, 1.82) is 0 Å². The molecule has 0 radical (unpaired) electrons. The summed E-state index contributed by atoms with van der Waals surface area (Å²) < 4.78 is 3.99. The minimum atomic E-state index is -0.142. The maximum absolute atomic E-state index is 11.7. The molecule has 0 aromatic carbocycles. The van der Waals surface area contributed by atoms with Crippen molar-refractivity contribution in [2.45, 2.75) is 52.6 Å². The van der Waals surface area contributed by atoms with Crippen molar-refractivity contribution in [2.75, 3.05) is 26.2 Å². The van der Waals surface area contributed by atoms with Crippen molar-refractivity contribution in [3.05, 3.63) is 36.4 Å². The van der Waals surface area contributed by atoms with Crippen LogP contribution in [0.4, 0.5) is 9.59 Å². The number of hydrogen-bond donors (Lipinski definition) is 4. The van der Waals surface area contributed by atoms with Gasteiger partial charge >= 0.3 is 12.1 Å².